The SMILES string of the molecule is Cc1ccc(CC2=CC(C)C(C)(C)C=C2)cc1C. The van der Waals surface area contributed by atoms with Crippen molar-refractivity contribution < 1.29 is 0 Å². The Hall–Kier alpha value is -1.30. The molecule has 0 aliphatic heterocycles. The second-order valence-corrected chi connectivity index (χ2v) is 6.28. The largest absolute Gasteiger partial charge is 0.0780 e. The third-order valence-corrected chi connectivity index (χ3v) is 4.34. The molecule has 0 N–H and O–H groups in total. The van der Waals surface area contributed by atoms with Crippen molar-refractivity contribution in [2.24, 2.45) is 11.3 Å². The summed E-state index contributed by atoms with van der Waals surface area (Å²) in [6.07, 6.45) is 8.14. The number of benzene rings is 1. The fourth-order valence-electron chi connectivity index (χ4n) is 2.33. The van der Waals surface area contributed by atoms with Crippen LogP contribution in [0.4, 0.5) is 0 Å². The topological polar surface area (TPSA) is 0 Å². The van der Waals surface area contributed by atoms with Crippen LogP contribution in [0.1, 0.15) is 37.5 Å². The summed E-state index contributed by atoms with van der Waals surface area (Å²) in [5.74, 6) is 0.615. The van der Waals surface area contributed by atoms with Crippen LogP contribution in [0.25, 0.3) is 0 Å². The Morgan fingerprint density at radius 2 is 1.83 bits per heavy atom. The van der Waals surface area contributed by atoms with Crippen LogP contribution in [0.15, 0.2) is 42.0 Å². The summed E-state index contributed by atoms with van der Waals surface area (Å²) >= 11 is 0. The predicted octanol–water partition coefficient (Wildman–Crippen LogP) is 5.00. The molecule has 0 saturated carbocycles. The molecule has 0 heteroatoms. The van der Waals surface area contributed by atoms with Gasteiger partial charge in [-0.1, -0.05) is 57.2 Å². The molecular weight excluding hydrogens is 216 g/mol. The lowest BCUT2D eigenvalue weighted by Gasteiger charge is -2.30. The molecule has 0 nitrogen and oxygen atoms in total. The van der Waals surface area contributed by atoms with Gasteiger partial charge in [-0.05, 0) is 53.9 Å². The average molecular weight is 240 g/mol. The number of aryl methyl sites for hydroxylation is 2. The minimum absolute atomic E-state index is 0.298. The highest BCUT2D eigenvalue weighted by atomic mass is 14.3. The molecule has 1 aliphatic rings. The van der Waals surface area contributed by atoms with Crippen molar-refractivity contribution in [2.45, 2.75) is 41.0 Å². The van der Waals surface area contributed by atoms with Gasteiger partial charge in [0, 0.05) is 0 Å². The van der Waals surface area contributed by atoms with Gasteiger partial charge in [0.2, 0.25) is 0 Å². The van der Waals surface area contributed by atoms with E-state index in [9.17, 15) is 0 Å². The van der Waals surface area contributed by atoms with Crippen LogP contribution in [-0.4, -0.2) is 0 Å². The first-order valence-corrected chi connectivity index (χ1v) is 6.84. The Morgan fingerprint density at radius 3 is 2.44 bits per heavy atom. The van der Waals surface area contributed by atoms with Crippen molar-refractivity contribution in [3.8, 4) is 0 Å². The van der Waals surface area contributed by atoms with Crippen LogP contribution in [0.3, 0.4) is 0 Å². The first-order valence-electron chi connectivity index (χ1n) is 6.84. The van der Waals surface area contributed by atoms with Crippen LogP contribution >= 0.6 is 0 Å². The maximum Gasteiger partial charge on any atom is -0.00288 e. The molecule has 1 unspecified atom stereocenters. The van der Waals surface area contributed by atoms with E-state index in [1.165, 1.54) is 22.3 Å². The molecule has 1 aromatic carbocycles. The van der Waals surface area contributed by atoms with Gasteiger partial charge in [-0.15, -0.1) is 0 Å². The number of hydrogen-bond acceptors (Lipinski definition) is 0. The first kappa shape index (κ1) is 13.1. The van der Waals surface area contributed by atoms with Crippen LogP contribution in [0, 0.1) is 25.2 Å². The Bertz CT molecular complexity index is 501. The average Bonchev–Trinajstić information content (AvgIpc) is 2.29. The van der Waals surface area contributed by atoms with Crippen LogP contribution in [0.2, 0.25) is 0 Å². The molecule has 18 heavy (non-hydrogen) atoms. The number of hydrogen-bond donors (Lipinski definition) is 0. The summed E-state index contributed by atoms with van der Waals surface area (Å²) < 4.78 is 0. The van der Waals surface area contributed by atoms with Gasteiger partial charge in [-0.25, -0.2) is 0 Å². The molecule has 1 atom stereocenters. The van der Waals surface area contributed by atoms with E-state index in [2.05, 4.69) is 71.0 Å². The lowest BCUT2D eigenvalue weighted by molar-refractivity contribution is 0.361. The van der Waals surface area contributed by atoms with Gasteiger partial charge in [0.15, 0.2) is 0 Å². The normalized spacial score (nSPS) is 21.8. The summed E-state index contributed by atoms with van der Waals surface area (Å²) in [5.41, 5.74) is 5.93. The Balaban J connectivity index is 2.16. The van der Waals surface area contributed by atoms with Gasteiger partial charge in [0.25, 0.3) is 0 Å². The molecule has 0 radical (unpaired) electrons. The molecule has 2 rings (SSSR count). The zero-order valence-electron chi connectivity index (χ0n) is 12.2. The summed E-state index contributed by atoms with van der Waals surface area (Å²) in [7, 11) is 0. The van der Waals surface area contributed by atoms with Gasteiger partial charge in [0.05, 0.1) is 0 Å². The molecule has 96 valence electrons. The van der Waals surface area contributed by atoms with E-state index < -0.39 is 0 Å². The smallest absolute Gasteiger partial charge is 0.00288 e. The second kappa shape index (κ2) is 4.76. The highest BCUT2D eigenvalue weighted by Crippen LogP contribution is 2.34. The lowest BCUT2D eigenvalue weighted by Crippen LogP contribution is -2.20. The van der Waals surface area contributed by atoms with Crippen molar-refractivity contribution in [2.75, 3.05) is 0 Å². The Labute approximate surface area is 111 Å². The van der Waals surface area contributed by atoms with E-state index in [1.54, 1.807) is 0 Å². The predicted molar refractivity (Wildman–Crippen MR) is 79.8 cm³/mol. The van der Waals surface area contributed by atoms with Gasteiger partial charge < -0.3 is 0 Å². The van der Waals surface area contributed by atoms with Gasteiger partial charge in [-0.2, -0.15) is 0 Å². The fraction of sp³-hybridized carbons (Fsp3) is 0.444. The minimum Gasteiger partial charge on any atom is -0.0780 e. The van der Waals surface area contributed by atoms with E-state index in [4.69, 9.17) is 0 Å². The van der Waals surface area contributed by atoms with Crippen molar-refractivity contribution in [1.29, 1.82) is 0 Å². The molecule has 0 saturated heterocycles. The maximum absolute atomic E-state index is 2.43. The van der Waals surface area contributed by atoms with E-state index in [-0.39, 0.29) is 0 Å². The molecule has 0 fully saturated rings. The molecule has 0 heterocycles. The quantitative estimate of drug-likeness (QED) is 0.682. The number of allylic oxidation sites excluding steroid dienone is 4. The van der Waals surface area contributed by atoms with E-state index in [0.717, 1.165) is 6.42 Å². The van der Waals surface area contributed by atoms with Crippen LogP contribution in [-0.2, 0) is 6.42 Å². The number of rotatable bonds is 2. The zero-order chi connectivity index (χ0) is 13.3. The highest BCUT2D eigenvalue weighted by molar-refractivity contribution is 5.36. The van der Waals surface area contributed by atoms with Crippen molar-refractivity contribution in [3.63, 3.8) is 0 Å². The summed E-state index contributed by atoms with van der Waals surface area (Å²) in [4.78, 5) is 0. The Kier molecular flexibility index (Phi) is 3.47. The van der Waals surface area contributed by atoms with Gasteiger partial charge >= 0.3 is 0 Å². The molecule has 0 amide bonds. The van der Waals surface area contributed by atoms with Crippen LogP contribution < -0.4 is 0 Å². The standard InChI is InChI=1S/C18H24/c1-13-6-7-16(10-14(13)2)12-17-8-9-18(4,5)15(3)11-17/h6-11,15H,12H2,1-5H3. The second-order valence-electron chi connectivity index (χ2n) is 6.28. The molecule has 1 aliphatic carbocycles. The van der Waals surface area contributed by atoms with Crippen LogP contribution in [0.5, 0.6) is 0 Å². The summed E-state index contributed by atoms with van der Waals surface area (Å²) in [6, 6.07) is 6.79. The molecular formula is C18H24. The van der Waals surface area contributed by atoms with Gasteiger partial charge in [-0.3, -0.25) is 0 Å². The summed E-state index contributed by atoms with van der Waals surface area (Å²) in [6.45, 7) is 11.3. The molecule has 1 aromatic rings. The van der Waals surface area contributed by atoms with E-state index in [0.29, 0.717) is 11.3 Å². The third kappa shape index (κ3) is 2.75. The third-order valence-electron chi connectivity index (χ3n) is 4.34. The van der Waals surface area contributed by atoms with E-state index >= 15 is 0 Å². The van der Waals surface area contributed by atoms with Crippen molar-refractivity contribution in [3.05, 3.63) is 58.7 Å². The lowest BCUT2D eigenvalue weighted by atomic mass is 9.75. The molecule has 0 bridgehead atoms. The Morgan fingerprint density at radius 1 is 1.11 bits per heavy atom. The van der Waals surface area contributed by atoms with Gasteiger partial charge in [0.1, 0.15) is 0 Å². The molecule has 0 aromatic heterocycles. The van der Waals surface area contributed by atoms with Crippen molar-refractivity contribution in [1.82, 2.24) is 0 Å². The monoisotopic (exact) mass is 240 g/mol. The zero-order valence-corrected chi connectivity index (χ0v) is 12.2. The van der Waals surface area contributed by atoms with Crippen molar-refractivity contribution >= 4 is 0 Å². The van der Waals surface area contributed by atoms with E-state index in [1.807, 2.05) is 0 Å². The molecule has 0 spiro atoms. The fourth-order valence-corrected chi connectivity index (χ4v) is 2.33. The minimum atomic E-state index is 0.298. The maximum atomic E-state index is 2.43. The first-order chi connectivity index (χ1) is 8.38. The highest BCUT2D eigenvalue weighted by Gasteiger charge is 2.24. The summed E-state index contributed by atoms with van der Waals surface area (Å²) in [5, 5.41) is 0.